The molecule has 0 fully saturated rings. The Morgan fingerprint density at radius 3 is 2.71 bits per heavy atom. The van der Waals surface area contributed by atoms with E-state index >= 15 is 0 Å². The molecule has 0 unspecified atom stereocenters. The number of hydrogen-bond acceptors (Lipinski definition) is 3. The Balaban J connectivity index is 2.57. The molecule has 0 radical (unpaired) electrons. The van der Waals surface area contributed by atoms with Gasteiger partial charge in [-0.1, -0.05) is 13.8 Å². The van der Waals surface area contributed by atoms with Gasteiger partial charge in [0.25, 0.3) is 0 Å². The van der Waals surface area contributed by atoms with Gasteiger partial charge in [0.15, 0.2) is 11.6 Å². The lowest BCUT2D eigenvalue weighted by Crippen LogP contribution is -2.32. The van der Waals surface area contributed by atoms with Gasteiger partial charge in [-0.25, -0.2) is 4.39 Å². The Hall–Kier alpha value is -1.62. The smallest absolute Gasteiger partial charge is 0.238 e. The third kappa shape index (κ3) is 4.40. The SMILES string of the molecule is COc1ccc(NC(=O)CNC(C)C)cc1F. The highest BCUT2D eigenvalue weighted by Crippen LogP contribution is 2.20. The fraction of sp³-hybridized carbons (Fsp3) is 0.417. The van der Waals surface area contributed by atoms with E-state index < -0.39 is 5.82 Å². The summed E-state index contributed by atoms with van der Waals surface area (Å²) in [5.41, 5.74) is 0.416. The molecule has 0 heterocycles. The molecule has 0 spiro atoms. The highest BCUT2D eigenvalue weighted by Gasteiger charge is 2.06. The number of halogens is 1. The average molecular weight is 240 g/mol. The molecule has 1 aromatic rings. The number of ether oxygens (including phenoxy) is 1. The Labute approximate surface area is 100 Å². The van der Waals surface area contributed by atoms with Crippen LogP contribution in [0.1, 0.15) is 13.8 Å². The number of rotatable bonds is 5. The summed E-state index contributed by atoms with van der Waals surface area (Å²) in [7, 11) is 1.39. The van der Waals surface area contributed by atoms with Crippen LogP contribution in [0.15, 0.2) is 18.2 Å². The van der Waals surface area contributed by atoms with Crippen LogP contribution in [0.3, 0.4) is 0 Å². The molecular weight excluding hydrogens is 223 g/mol. The van der Waals surface area contributed by atoms with E-state index in [-0.39, 0.29) is 24.2 Å². The topological polar surface area (TPSA) is 50.4 Å². The molecule has 0 bridgehead atoms. The van der Waals surface area contributed by atoms with Crippen LogP contribution in [0.2, 0.25) is 0 Å². The van der Waals surface area contributed by atoms with Gasteiger partial charge in [-0.15, -0.1) is 0 Å². The average Bonchev–Trinajstić information content (AvgIpc) is 2.26. The number of methoxy groups -OCH3 is 1. The van der Waals surface area contributed by atoms with Crippen molar-refractivity contribution in [2.45, 2.75) is 19.9 Å². The summed E-state index contributed by atoms with van der Waals surface area (Å²) in [6.07, 6.45) is 0. The second kappa shape index (κ2) is 6.20. The maximum Gasteiger partial charge on any atom is 0.238 e. The minimum Gasteiger partial charge on any atom is -0.494 e. The second-order valence-corrected chi connectivity index (χ2v) is 3.93. The van der Waals surface area contributed by atoms with Gasteiger partial charge >= 0.3 is 0 Å². The number of nitrogens with one attached hydrogen (secondary N) is 2. The maximum atomic E-state index is 13.3. The molecule has 1 amide bonds. The number of amides is 1. The van der Waals surface area contributed by atoms with Crippen LogP contribution in [-0.4, -0.2) is 25.6 Å². The van der Waals surface area contributed by atoms with Crippen molar-refractivity contribution in [3.05, 3.63) is 24.0 Å². The molecule has 0 aliphatic heterocycles. The van der Waals surface area contributed by atoms with Gasteiger partial charge in [-0.05, 0) is 12.1 Å². The third-order valence-corrected chi connectivity index (χ3v) is 2.11. The van der Waals surface area contributed by atoms with E-state index in [0.29, 0.717) is 5.69 Å². The molecule has 0 saturated heterocycles. The number of hydrogen-bond donors (Lipinski definition) is 2. The lowest BCUT2D eigenvalue weighted by atomic mass is 10.3. The van der Waals surface area contributed by atoms with Crippen LogP contribution in [0.5, 0.6) is 5.75 Å². The van der Waals surface area contributed by atoms with E-state index in [1.54, 1.807) is 6.07 Å². The van der Waals surface area contributed by atoms with E-state index in [1.807, 2.05) is 13.8 Å². The largest absolute Gasteiger partial charge is 0.494 e. The molecule has 94 valence electrons. The van der Waals surface area contributed by atoms with Crippen molar-refractivity contribution in [1.29, 1.82) is 0 Å². The molecule has 0 aliphatic carbocycles. The number of benzene rings is 1. The lowest BCUT2D eigenvalue weighted by Gasteiger charge is -2.09. The van der Waals surface area contributed by atoms with E-state index in [4.69, 9.17) is 4.74 Å². The van der Waals surface area contributed by atoms with Gasteiger partial charge in [0, 0.05) is 17.8 Å². The highest BCUT2D eigenvalue weighted by molar-refractivity contribution is 5.92. The quantitative estimate of drug-likeness (QED) is 0.824. The maximum absolute atomic E-state index is 13.3. The van der Waals surface area contributed by atoms with Gasteiger partial charge in [0.2, 0.25) is 5.91 Å². The molecule has 17 heavy (non-hydrogen) atoms. The highest BCUT2D eigenvalue weighted by atomic mass is 19.1. The minimum atomic E-state index is -0.498. The first-order valence-electron chi connectivity index (χ1n) is 5.39. The summed E-state index contributed by atoms with van der Waals surface area (Å²) in [4.78, 5) is 11.5. The molecule has 0 saturated carbocycles. The van der Waals surface area contributed by atoms with Gasteiger partial charge in [0.1, 0.15) is 0 Å². The van der Waals surface area contributed by atoms with Crippen LogP contribution in [0.25, 0.3) is 0 Å². The van der Waals surface area contributed by atoms with Crippen molar-refractivity contribution < 1.29 is 13.9 Å². The Morgan fingerprint density at radius 1 is 1.47 bits per heavy atom. The van der Waals surface area contributed by atoms with Crippen molar-refractivity contribution in [1.82, 2.24) is 5.32 Å². The van der Waals surface area contributed by atoms with Crippen LogP contribution in [-0.2, 0) is 4.79 Å². The Bertz CT molecular complexity index is 394. The zero-order valence-electron chi connectivity index (χ0n) is 10.2. The van der Waals surface area contributed by atoms with Crippen molar-refractivity contribution in [2.24, 2.45) is 0 Å². The summed E-state index contributed by atoms with van der Waals surface area (Å²) >= 11 is 0. The fourth-order valence-electron chi connectivity index (χ4n) is 1.25. The summed E-state index contributed by atoms with van der Waals surface area (Å²) < 4.78 is 18.1. The predicted molar refractivity (Wildman–Crippen MR) is 64.7 cm³/mol. The Morgan fingerprint density at radius 2 is 2.18 bits per heavy atom. The summed E-state index contributed by atoms with van der Waals surface area (Å²) in [6.45, 7) is 4.09. The van der Waals surface area contributed by atoms with Gasteiger partial charge < -0.3 is 15.4 Å². The summed E-state index contributed by atoms with van der Waals surface area (Å²) in [6, 6.07) is 4.52. The zero-order chi connectivity index (χ0) is 12.8. The molecule has 5 heteroatoms. The van der Waals surface area contributed by atoms with Crippen molar-refractivity contribution in [3.63, 3.8) is 0 Å². The number of carbonyl (C=O) groups is 1. The monoisotopic (exact) mass is 240 g/mol. The lowest BCUT2D eigenvalue weighted by molar-refractivity contribution is -0.115. The minimum absolute atomic E-state index is 0.156. The molecule has 1 rings (SSSR count). The van der Waals surface area contributed by atoms with Crippen LogP contribution < -0.4 is 15.4 Å². The molecule has 0 aromatic heterocycles. The van der Waals surface area contributed by atoms with Crippen LogP contribution in [0.4, 0.5) is 10.1 Å². The predicted octanol–water partition coefficient (Wildman–Crippen LogP) is 1.77. The fourth-order valence-corrected chi connectivity index (χ4v) is 1.25. The first-order chi connectivity index (χ1) is 8.02. The first-order valence-corrected chi connectivity index (χ1v) is 5.39. The van der Waals surface area contributed by atoms with E-state index in [1.165, 1.54) is 19.2 Å². The van der Waals surface area contributed by atoms with Gasteiger partial charge in [0.05, 0.1) is 13.7 Å². The van der Waals surface area contributed by atoms with E-state index in [2.05, 4.69) is 10.6 Å². The standard InChI is InChI=1S/C12H17FN2O2/c1-8(2)14-7-12(16)15-9-4-5-11(17-3)10(13)6-9/h4-6,8,14H,7H2,1-3H3,(H,15,16). The first kappa shape index (κ1) is 13.4. The second-order valence-electron chi connectivity index (χ2n) is 3.93. The summed E-state index contributed by atoms with van der Waals surface area (Å²) in [5, 5.41) is 5.56. The normalized spacial score (nSPS) is 10.4. The van der Waals surface area contributed by atoms with Crippen molar-refractivity contribution in [2.75, 3.05) is 19.0 Å². The number of carbonyl (C=O) groups excluding carboxylic acids is 1. The molecule has 0 atom stereocenters. The molecule has 2 N–H and O–H groups in total. The van der Waals surface area contributed by atoms with E-state index in [9.17, 15) is 9.18 Å². The zero-order valence-corrected chi connectivity index (χ0v) is 10.2. The van der Waals surface area contributed by atoms with Gasteiger partial charge in [-0.3, -0.25) is 4.79 Å². The van der Waals surface area contributed by atoms with Crippen molar-refractivity contribution >= 4 is 11.6 Å². The molecular formula is C12H17FN2O2. The molecule has 1 aromatic carbocycles. The number of anilines is 1. The molecule has 0 aliphatic rings. The third-order valence-electron chi connectivity index (χ3n) is 2.11. The van der Waals surface area contributed by atoms with Crippen molar-refractivity contribution in [3.8, 4) is 5.75 Å². The summed E-state index contributed by atoms with van der Waals surface area (Å²) in [5.74, 6) is -0.548. The Kier molecular flexibility index (Phi) is 4.90. The molecule has 4 nitrogen and oxygen atoms in total. The van der Waals surface area contributed by atoms with Crippen LogP contribution >= 0.6 is 0 Å². The van der Waals surface area contributed by atoms with Crippen LogP contribution in [0, 0.1) is 5.82 Å². The van der Waals surface area contributed by atoms with E-state index in [0.717, 1.165) is 0 Å². The van der Waals surface area contributed by atoms with Gasteiger partial charge in [-0.2, -0.15) is 0 Å².